The first-order valence-corrected chi connectivity index (χ1v) is 8.72. The predicted octanol–water partition coefficient (Wildman–Crippen LogP) is 5.22. The molecule has 0 amide bonds. The minimum atomic E-state index is -0.415. The molecule has 20 heavy (non-hydrogen) atoms. The largest absolute Gasteiger partial charge is 0.465 e. The van der Waals surface area contributed by atoms with Crippen LogP contribution in [0.5, 0.6) is 0 Å². The lowest BCUT2D eigenvalue weighted by Gasteiger charge is -2.22. The fraction of sp³-hybridized carbons (Fsp3) is 0.824. The third-order valence-electron chi connectivity index (χ3n) is 3.21. The van der Waals surface area contributed by atoms with Gasteiger partial charge in [0.05, 0.1) is 6.61 Å². The molecule has 2 nitrogen and oxygen atoms in total. The second-order valence-corrected chi connectivity index (χ2v) is 7.96. The van der Waals surface area contributed by atoms with Gasteiger partial charge in [-0.2, -0.15) is 0 Å². The van der Waals surface area contributed by atoms with E-state index in [9.17, 15) is 4.79 Å². The van der Waals surface area contributed by atoms with E-state index >= 15 is 0 Å². The zero-order valence-electron chi connectivity index (χ0n) is 14.1. The topological polar surface area (TPSA) is 26.3 Å². The summed E-state index contributed by atoms with van der Waals surface area (Å²) in [6.45, 7) is 13.1. The lowest BCUT2D eigenvalue weighted by atomic mass is 10.0. The smallest absolute Gasteiger partial charge is 0.321 e. The van der Waals surface area contributed by atoms with Crippen molar-refractivity contribution in [3.8, 4) is 0 Å². The van der Waals surface area contributed by atoms with Crippen LogP contribution >= 0.6 is 11.8 Å². The maximum atomic E-state index is 12.0. The molecule has 0 saturated carbocycles. The van der Waals surface area contributed by atoms with E-state index in [1.54, 1.807) is 11.8 Å². The molecule has 0 rings (SSSR count). The van der Waals surface area contributed by atoms with Crippen molar-refractivity contribution in [2.24, 2.45) is 5.92 Å². The predicted molar refractivity (Wildman–Crippen MR) is 90.2 cm³/mol. The van der Waals surface area contributed by atoms with Gasteiger partial charge in [-0.3, -0.25) is 4.79 Å². The average molecular weight is 301 g/mol. The Hall–Kier alpha value is -0.440. The zero-order valence-corrected chi connectivity index (χ0v) is 14.9. The number of thioether (sulfide) groups is 1. The van der Waals surface area contributed by atoms with E-state index in [0.717, 1.165) is 31.4 Å². The molecule has 1 atom stereocenters. The molecule has 0 radical (unpaired) electrons. The summed E-state index contributed by atoms with van der Waals surface area (Å²) >= 11 is 1.68. The Labute approximate surface area is 129 Å². The van der Waals surface area contributed by atoms with Crippen LogP contribution in [0.1, 0.15) is 67.2 Å². The van der Waals surface area contributed by atoms with E-state index in [-0.39, 0.29) is 5.97 Å². The van der Waals surface area contributed by atoms with Gasteiger partial charge in [-0.05, 0) is 65.0 Å². The summed E-state index contributed by atoms with van der Waals surface area (Å²) in [5.41, 5.74) is 1.37. The van der Waals surface area contributed by atoms with Crippen molar-refractivity contribution >= 4 is 17.7 Å². The van der Waals surface area contributed by atoms with Gasteiger partial charge in [-0.1, -0.05) is 25.5 Å². The van der Waals surface area contributed by atoms with Crippen LogP contribution in [0, 0.1) is 5.92 Å². The highest BCUT2D eigenvalue weighted by Gasteiger charge is 2.29. The van der Waals surface area contributed by atoms with Gasteiger partial charge in [-0.15, -0.1) is 11.8 Å². The molecule has 118 valence electrons. The molecule has 0 aliphatic carbocycles. The van der Waals surface area contributed by atoms with Crippen LogP contribution in [0.4, 0.5) is 0 Å². The Morgan fingerprint density at radius 3 is 2.50 bits per heavy atom. The van der Waals surface area contributed by atoms with Crippen LogP contribution in [0.3, 0.4) is 0 Å². The number of hydrogen-bond donors (Lipinski definition) is 0. The Kier molecular flexibility index (Phi) is 10.1. The van der Waals surface area contributed by atoms with Crippen molar-refractivity contribution < 1.29 is 9.53 Å². The van der Waals surface area contributed by atoms with Crippen LogP contribution in [0.2, 0.25) is 0 Å². The zero-order chi connectivity index (χ0) is 15.6. The lowest BCUT2D eigenvalue weighted by molar-refractivity contribution is -0.146. The summed E-state index contributed by atoms with van der Waals surface area (Å²) < 4.78 is 5.01. The molecule has 0 aromatic carbocycles. The van der Waals surface area contributed by atoms with E-state index in [0.29, 0.717) is 12.5 Å². The fourth-order valence-electron chi connectivity index (χ4n) is 1.74. The highest BCUT2D eigenvalue weighted by Crippen LogP contribution is 2.26. The minimum Gasteiger partial charge on any atom is -0.465 e. The molecular formula is C17H32O2S. The quantitative estimate of drug-likeness (QED) is 0.408. The SMILES string of the molecule is CCCSC(C)(C)C(=O)OCCC(C)CCC=C(C)C. The summed E-state index contributed by atoms with van der Waals surface area (Å²) in [5, 5.41) is 0. The van der Waals surface area contributed by atoms with E-state index in [1.807, 2.05) is 13.8 Å². The number of esters is 1. The van der Waals surface area contributed by atoms with Gasteiger partial charge in [0.1, 0.15) is 4.75 Å². The van der Waals surface area contributed by atoms with E-state index in [4.69, 9.17) is 4.74 Å². The third-order valence-corrected chi connectivity index (χ3v) is 4.72. The van der Waals surface area contributed by atoms with Crippen LogP contribution in [-0.2, 0) is 9.53 Å². The van der Waals surface area contributed by atoms with Crippen LogP contribution in [-0.4, -0.2) is 23.1 Å². The Morgan fingerprint density at radius 1 is 1.30 bits per heavy atom. The lowest BCUT2D eigenvalue weighted by Crippen LogP contribution is -2.31. The summed E-state index contributed by atoms with van der Waals surface area (Å²) in [4.78, 5) is 12.0. The first-order valence-electron chi connectivity index (χ1n) is 7.74. The van der Waals surface area contributed by atoms with Crippen LogP contribution < -0.4 is 0 Å². The van der Waals surface area contributed by atoms with E-state index < -0.39 is 4.75 Å². The molecule has 0 aliphatic rings. The second-order valence-electron chi connectivity index (χ2n) is 6.25. The Morgan fingerprint density at radius 2 is 1.95 bits per heavy atom. The Balaban J connectivity index is 3.87. The second kappa shape index (κ2) is 10.3. The summed E-state index contributed by atoms with van der Waals surface area (Å²) in [5.74, 6) is 1.53. The van der Waals surface area contributed by atoms with Gasteiger partial charge >= 0.3 is 5.97 Å². The van der Waals surface area contributed by atoms with Crippen molar-refractivity contribution in [2.75, 3.05) is 12.4 Å². The van der Waals surface area contributed by atoms with Gasteiger partial charge in [-0.25, -0.2) is 0 Å². The molecule has 0 aromatic rings. The number of rotatable bonds is 10. The summed E-state index contributed by atoms with van der Waals surface area (Å²) in [7, 11) is 0. The van der Waals surface area contributed by atoms with E-state index in [1.165, 1.54) is 5.57 Å². The summed E-state index contributed by atoms with van der Waals surface area (Å²) in [6, 6.07) is 0. The molecule has 0 aromatic heterocycles. The number of hydrogen-bond acceptors (Lipinski definition) is 3. The summed E-state index contributed by atoms with van der Waals surface area (Å²) in [6.07, 6.45) is 6.60. The Bertz CT molecular complexity index is 304. The van der Waals surface area contributed by atoms with Crippen LogP contribution in [0.15, 0.2) is 11.6 Å². The molecule has 1 unspecified atom stereocenters. The monoisotopic (exact) mass is 300 g/mol. The highest BCUT2D eigenvalue weighted by molar-refractivity contribution is 8.01. The number of ether oxygens (including phenoxy) is 1. The maximum absolute atomic E-state index is 12.0. The van der Waals surface area contributed by atoms with E-state index in [2.05, 4.69) is 33.8 Å². The number of carbonyl (C=O) groups is 1. The van der Waals surface area contributed by atoms with Gasteiger partial charge in [0.25, 0.3) is 0 Å². The van der Waals surface area contributed by atoms with Gasteiger partial charge in [0, 0.05) is 0 Å². The van der Waals surface area contributed by atoms with Gasteiger partial charge in [0.2, 0.25) is 0 Å². The fourth-order valence-corrected chi connectivity index (χ4v) is 2.63. The van der Waals surface area contributed by atoms with Gasteiger partial charge in [0.15, 0.2) is 0 Å². The minimum absolute atomic E-state index is 0.0764. The van der Waals surface area contributed by atoms with Crippen molar-refractivity contribution in [1.29, 1.82) is 0 Å². The molecule has 0 saturated heterocycles. The number of allylic oxidation sites excluding steroid dienone is 2. The standard InChI is InChI=1S/C17H32O2S/c1-7-13-20-17(5,6)16(18)19-12-11-15(4)10-8-9-14(2)3/h9,15H,7-8,10-13H2,1-6H3. The molecule has 0 spiro atoms. The van der Waals surface area contributed by atoms with Crippen molar-refractivity contribution in [1.82, 2.24) is 0 Å². The molecule has 0 fully saturated rings. The maximum Gasteiger partial charge on any atom is 0.321 e. The van der Waals surface area contributed by atoms with Gasteiger partial charge < -0.3 is 4.74 Å². The van der Waals surface area contributed by atoms with Crippen molar-refractivity contribution in [3.05, 3.63) is 11.6 Å². The van der Waals surface area contributed by atoms with Crippen LogP contribution in [0.25, 0.3) is 0 Å². The normalized spacial score (nSPS) is 12.9. The molecule has 3 heteroatoms. The van der Waals surface area contributed by atoms with Crippen molar-refractivity contribution in [3.63, 3.8) is 0 Å². The average Bonchev–Trinajstić information content (AvgIpc) is 2.35. The number of carbonyl (C=O) groups excluding carboxylic acids is 1. The molecule has 0 aliphatic heterocycles. The first kappa shape index (κ1) is 19.6. The third kappa shape index (κ3) is 9.46. The highest BCUT2D eigenvalue weighted by atomic mass is 32.2. The van der Waals surface area contributed by atoms with Crippen molar-refractivity contribution in [2.45, 2.75) is 72.0 Å². The molecule has 0 heterocycles. The molecular weight excluding hydrogens is 268 g/mol. The first-order chi connectivity index (χ1) is 9.29. The molecule has 0 N–H and O–H groups in total. The molecule has 0 bridgehead atoms.